The molecule has 1 aromatic rings. The normalized spacial score (nSPS) is 11.9. The molecular weight excluding hydrogens is 210 g/mol. The molecule has 86 valence electrons. The zero-order valence-electron chi connectivity index (χ0n) is 8.80. The lowest BCUT2D eigenvalue weighted by Crippen LogP contribution is -2.43. The lowest BCUT2D eigenvalue weighted by molar-refractivity contribution is -0.140. The fourth-order valence-electron chi connectivity index (χ4n) is 1.21. The van der Waals surface area contributed by atoms with E-state index in [1.165, 1.54) is 0 Å². The van der Waals surface area contributed by atoms with Crippen LogP contribution in [0.1, 0.15) is 15.9 Å². The molecule has 0 aliphatic rings. The maximum absolute atomic E-state index is 11.6. The lowest BCUT2D eigenvalue weighted by atomic mass is 10.1. The van der Waals surface area contributed by atoms with E-state index in [1.54, 1.807) is 18.2 Å². The molecule has 5 nitrogen and oxygen atoms in total. The molecule has 0 spiro atoms. The molecule has 0 aliphatic heterocycles. The van der Waals surface area contributed by atoms with E-state index in [4.69, 9.17) is 10.2 Å². The first-order valence-corrected chi connectivity index (χ1v) is 4.76. The number of rotatable bonds is 4. The van der Waals surface area contributed by atoms with Crippen LogP contribution in [0.4, 0.5) is 0 Å². The Bertz CT molecular complexity index is 403. The van der Waals surface area contributed by atoms with Crippen LogP contribution in [0.2, 0.25) is 0 Å². The second-order valence-corrected chi connectivity index (χ2v) is 3.42. The van der Waals surface area contributed by atoms with Crippen molar-refractivity contribution in [2.24, 2.45) is 0 Å². The number of carbonyl (C=O) groups is 2. The number of amides is 1. The topological polar surface area (TPSA) is 86.6 Å². The van der Waals surface area contributed by atoms with Gasteiger partial charge in [-0.15, -0.1) is 0 Å². The number of hydrogen-bond acceptors (Lipinski definition) is 3. The summed E-state index contributed by atoms with van der Waals surface area (Å²) in [6, 6.07) is 5.49. The van der Waals surface area contributed by atoms with Gasteiger partial charge >= 0.3 is 5.97 Å². The van der Waals surface area contributed by atoms with Gasteiger partial charge in [0, 0.05) is 5.56 Å². The van der Waals surface area contributed by atoms with E-state index in [0.29, 0.717) is 5.56 Å². The van der Waals surface area contributed by atoms with E-state index < -0.39 is 24.5 Å². The van der Waals surface area contributed by atoms with E-state index >= 15 is 0 Å². The van der Waals surface area contributed by atoms with Crippen LogP contribution in [0.5, 0.6) is 0 Å². The molecular formula is C11H13NO4. The highest BCUT2D eigenvalue weighted by Crippen LogP contribution is 2.03. The van der Waals surface area contributed by atoms with Gasteiger partial charge in [0.1, 0.15) is 0 Å². The lowest BCUT2D eigenvalue weighted by Gasteiger charge is -2.11. The predicted octanol–water partition coefficient (Wildman–Crippen LogP) is 0.170. The van der Waals surface area contributed by atoms with Gasteiger partial charge in [0.2, 0.25) is 0 Å². The number of hydrogen-bond donors (Lipinski definition) is 3. The summed E-state index contributed by atoms with van der Waals surface area (Å²) in [5.74, 6) is -1.77. The van der Waals surface area contributed by atoms with Crippen LogP contribution in [0, 0.1) is 6.92 Å². The Balaban J connectivity index is 2.75. The van der Waals surface area contributed by atoms with Crippen LogP contribution < -0.4 is 5.32 Å². The first-order valence-electron chi connectivity index (χ1n) is 4.76. The summed E-state index contributed by atoms with van der Waals surface area (Å²) >= 11 is 0. The Morgan fingerprint density at radius 2 is 2.12 bits per heavy atom. The van der Waals surface area contributed by atoms with Crippen LogP contribution in [-0.4, -0.2) is 34.7 Å². The molecule has 0 bridgehead atoms. The van der Waals surface area contributed by atoms with Gasteiger partial charge in [-0.3, -0.25) is 4.79 Å². The quantitative estimate of drug-likeness (QED) is 0.679. The molecule has 0 fully saturated rings. The highest BCUT2D eigenvalue weighted by Gasteiger charge is 2.19. The zero-order valence-corrected chi connectivity index (χ0v) is 8.80. The maximum Gasteiger partial charge on any atom is 0.328 e. The molecule has 1 amide bonds. The monoisotopic (exact) mass is 223 g/mol. The number of aliphatic hydroxyl groups excluding tert-OH is 1. The Morgan fingerprint density at radius 1 is 1.44 bits per heavy atom. The molecule has 0 saturated carbocycles. The van der Waals surface area contributed by atoms with Crippen LogP contribution in [0.3, 0.4) is 0 Å². The first kappa shape index (κ1) is 12.2. The summed E-state index contributed by atoms with van der Waals surface area (Å²) in [6.07, 6.45) is 0. The van der Waals surface area contributed by atoms with Gasteiger partial charge in [0.05, 0.1) is 6.61 Å². The number of aliphatic hydroxyl groups is 1. The minimum atomic E-state index is -1.27. The second kappa shape index (κ2) is 5.27. The molecule has 16 heavy (non-hydrogen) atoms. The van der Waals surface area contributed by atoms with Crippen molar-refractivity contribution in [1.82, 2.24) is 5.32 Å². The molecule has 0 saturated heterocycles. The SMILES string of the molecule is Cc1cccc(C(=O)N[C@@H](CO)C(=O)O)c1. The molecule has 1 aromatic carbocycles. The molecule has 1 rings (SSSR count). The fraction of sp³-hybridized carbons (Fsp3) is 0.273. The van der Waals surface area contributed by atoms with Crippen molar-refractivity contribution in [3.63, 3.8) is 0 Å². The van der Waals surface area contributed by atoms with Crippen molar-refractivity contribution >= 4 is 11.9 Å². The van der Waals surface area contributed by atoms with Crippen molar-refractivity contribution in [2.45, 2.75) is 13.0 Å². The molecule has 3 N–H and O–H groups in total. The van der Waals surface area contributed by atoms with Gasteiger partial charge in [-0.1, -0.05) is 17.7 Å². The molecule has 0 aromatic heterocycles. The second-order valence-electron chi connectivity index (χ2n) is 3.42. The average Bonchev–Trinajstić information content (AvgIpc) is 2.25. The van der Waals surface area contributed by atoms with E-state index in [-0.39, 0.29) is 0 Å². The van der Waals surface area contributed by atoms with E-state index in [0.717, 1.165) is 5.56 Å². The summed E-state index contributed by atoms with van der Waals surface area (Å²) in [5.41, 5.74) is 1.28. The summed E-state index contributed by atoms with van der Waals surface area (Å²) in [7, 11) is 0. The van der Waals surface area contributed by atoms with Crippen molar-refractivity contribution in [2.75, 3.05) is 6.61 Å². The number of benzene rings is 1. The van der Waals surface area contributed by atoms with Crippen molar-refractivity contribution < 1.29 is 19.8 Å². The summed E-state index contributed by atoms with van der Waals surface area (Å²) in [5, 5.41) is 19.6. The third-order valence-corrected chi connectivity index (χ3v) is 2.07. The number of aliphatic carboxylic acids is 1. The number of carboxylic acids is 1. The zero-order chi connectivity index (χ0) is 12.1. The highest BCUT2D eigenvalue weighted by atomic mass is 16.4. The van der Waals surface area contributed by atoms with E-state index in [2.05, 4.69) is 5.32 Å². The predicted molar refractivity (Wildman–Crippen MR) is 57.2 cm³/mol. The number of aryl methyl sites for hydroxylation is 1. The molecule has 1 atom stereocenters. The van der Waals surface area contributed by atoms with Gasteiger partial charge in [-0.25, -0.2) is 4.79 Å². The Morgan fingerprint density at radius 3 is 2.62 bits per heavy atom. The van der Waals surface area contributed by atoms with Crippen LogP contribution >= 0.6 is 0 Å². The summed E-state index contributed by atoms with van der Waals surface area (Å²) in [6.45, 7) is 1.20. The van der Waals surface area contributed by atoms with Crippen molar-refractivity contribution in [1.29, 1.82) is 0 Å². The van der Waals surface area contributed by atoms with Crippen LogP contribution in [0.25, 0.3) is 0 Å². The van der Waals surface area contributed by atoms with Crippen LogP contribution in [-0.2, 0) is 4.79 Å². The highest BCUT2D eigenvalue weighted by molar-refractivity contribution is 5.96. The van der Waals surface area contributed by atoms with Gasteiger partial charge < -0.3 is 15.5 Å². The molecule has 0 radical (unpaired) electrons. The fourth-order valence-corrected chi connectivity index (χ4v) is 1.21. The Hall–Kier alpha value is -1.88. The molecule has 0 unspecified atom stereocenters. The van der Waals surface area contributed by atoms with Crippen LogP contribution in [0.15, 0.2) is 24.3 Å². The number of carbonyl (C=O) groups excluding carboxylic acids is 1. The van der Waals surface area contributed by atoms with E-state index in [9.17, 15) is 9.59 Å². The summed E-state index contributed by atoms with van der Waals surface area (Å²) in [4.78, 5) is 22.2. The number of carboxylic acid groups (broad SMARTS) is 1. The molecule has 0 heterocycles. The largest absolute Gasteiger partial charge is 0.480 e. The summed E-state index contributed by atoms with van der Waals surface area (Å²) < 4.78 is 0. The third kappa shape index (κ3) is 3.06. The number of nitrogens with one attached hydrogen (secondary N) is 1. The third-order valence-electron chi connectivity index (χ3n) is 2.07. The smallest absolute Gasteiger partial charge is 0.328 e. The van der Waals surface area contributed by atoms with Crippen molar-refractivity contribution in [3.05, 3.63) is 35.4 Å². The first-order chi connectivity index (χ1) is 7.54. The van der Waals surface area contributed by atoms with E-state index in [1.807, 2.05) is 13.0 Å². The van der Waals surface area contributed by atoms with Crippen molar-refractivity contribution in [3.8, 4) is 0 Å². The van der Waals surface area contributed by atoms with Gasteiger partial charge in [0.15, 0.2) is 6.04 Å². The Labute approximate surface area is 92.7 Å². The van der Waals surface area contributed by atoms with Gasteiger partial charge in [-0.05, 0) is 19.1 Å². The van der Waals surface area contributed by atoms with Gasteiger partial charge in [-0.2, -0.15) is 0 Å². The minimum absolute atomic E-state index is 0.375. The van der Waals surface area contributed by atoms with Gasteiger partial charge in [0.25, 0.3) is 5.91 Å². The molecule has 5 heteroatoms. The maximum atomic E-state index is 11.6. The standard InChI is InChI=1S/C11H13NO4/c1-7-3-2-4-8(5-7)10(14)12-9(6-13)11(15)16/h2-5,9,13H,6H2,1H3,(H,12,14)(H,15,16)/t9-/m0/s1. The average molecular weight is 223 g/mol. The molecule has 0 aliphatic carbocycles. The Kier molecular flexibility index (Phi) is 4.02. The minimum Gasteiger partial charge on any atom is -0.480 e.